The van der Waals surface area contributed by atoms with Crippen molar-refractivity contribution in [2.45, 2.75) is 46.3 Å². The van der Waals surface area contributed by atoms with E-state index in [4.69, 9.17) is 4.98 Å². The summed E-state index contributed by atoms with van der Waals surface area (Å²) in [6.07, 6.45) is 1.73. The Labute approximate surface area is 163 Å². The van der Waals surface area contributed by atoms with Crippen molar-refractivity contribution in [3.8, 4) is 0 Å². The third kappa shape index (κ3) is 3.04. The predicted molar refractivity (Wildman–Crippen MR) is 111 cm³/mol. The number of rotatable bonds is 5. The molecule has 0 unspecified atom stereocenters. The molecule has 0 aliphatic carbocycles. The zero-order valence-electron chi connectivity index (χ0n) is 16.8. The van der Waals surface area contributed by atoms with Gasteiger partial charge in [-0.15, -0.1) is 0 Å². The first-order chi connectivity index (χ1) is 13.5. The lowest BCUT2D eigenvalue weighted by molar-refractivity contribution is 0.434. The van der Waals surface area contributed by atoms with Crippen molar-refractivity contribution in [2.75, 3.05) is 11.4 Å². The van der Waals surface area contributed by atoms with Crippen LogP contribution in [0.25, 0.3) is 11.2 Å². The van der Waals surface area contributed by atoms with Crippen LogP contribution in [-0.4, -0.2) is 25.2 Å². The second-order valence-corrected chi connectivity index (χ2v) is 7.82. The van der Waals surface area contributed by atoms with E-state index in [0.29, 0.717) is 23.6 Å². The number of aryl methyl sites for hydroxylation is 1. The summed E-state index contributed by atoms with van der Waals surface area (Å²) in [4.78, 5) is 32.9. The van der Waals surface area contributed by atoms with Gasteiger partial charge >= 0.3 is 5.69 Å². The number of anilines is 1. The molecule has 0 bridgehead atoms. The Morgan fingerprint density at radius 1 is 1.14 bits per heavy atom. The average molecular weight is 381 g/mol. The van der Waals surface area contributed by atoms with Gasteiger partial charge in [-0.25, -0.2) is 4.79 Å². The number of imidazole rings is 1. The summed E-state index contributed by atoms with van der Waals surface area (Å²) in [5.74, 6) is 1.16. The Bertz CT molecular complexity index is 1110. The van der Waals surface area contributed by atoms with Crippen molar-refractivity contribution in [2.24, 2.45) is 13.0 Å². The van der Waals surface area contributed by atoms with Gasteiger partial charge in [0, 0.05) is 33.2 Å². The lowest BCUT2D eigenvalue weighted by atomic mass is 10.1. The molecule has 7 heteroatoms. The van der Waals surface area contributed by atoms with Gasteiger partial charge in [-0.1, -0.05) is 50.6 Å². The molecule has 2 aromatic heterocycles. The molecule has 1 atom stereocenters. The van der Waals surface area contributed by atoms with Crippen LogP contribution < -0.4 is 16.1 Å². The van der Waals surface area contributed by atoms with Gasteiger partial charge in [0.05, 0.1) is 0 Å². The standard InChI is InChI=1S/C21H27N5O2/c1-4-5-11-25-19(27)17-18(23(3)21(25)28)22-20-24(12-15(2)13-26(17)20)14-16-9-7-6-8-10-16/h6-10,15H,4-5,11-14H2,1-3H3/t15-/m1/s1. The molecule has 0 N–H and O–H groups in total. The Hall–Kier alpha value is -2.83. The number of nitrogens with zero attached hydrogens (tertiary/aromatic N) is 5. The largest absolute Gasteiger partial charge is 0.338 e. The maximum atomic E-state index is 13.2. The minimum atomic E-state index is -0.288. The van der Waals surface area contributed by atoms with Crippen LogP contribution in [0.2, 0.25) is 0 Å². The van der Waals surface area contributed by atoms with Crippen molar-refractivity contribution in [1.29, 1.82) is 0 Å². The Morgan fingerprint density at radius 2 is 1.89 bits per heavy atom. The lowest BCUT2D eigenvalue weighted by Gasteiger charge is -2.33. The maximum absolute atomic E-state index is 13.2. The Balaban J connectivity index is 1.88. The summed E-state index contributed by atoms with van der Waals surface area (Å²) in [6, 6.07) is 10.3. The van der Waals surface area contributed by atoms with Crippen LogP contribution in [-0.2, 0) is 26.7 Å². The zero-order valence-corrected chi connectivity index (χ0v) is 16.8. The first-order valence-electron chi connectivity index (χ1n) is 10.00. The van der Waals surface area contributed by atoms with Crippen LogP contribution in [0.3, 0.4) is 0 Å². The smallest absolute Gasteiger partial charge is 0.332 e. The fraction of sp³-hybridized carbons (Fsp3) is 0.476. The minimum Gasteiger partial charge on any atom is -0.338 e. The van der Waals surface area contributed by atoms with E-state index in [1.54, 1.807) is 7.05 Å². The fourth-order valence-corrected chi connectivity index (χ4v) is 4.05. The summed E-state index contributed by atoms with van der Waals surface area (Å²) in [6.45, 7) is 7.02. The van der Waals surface area contributed by atoms with Crippen molar-refractivity contribution in [3.05, 3.63) is 56.7 Å². The highest BCUT2D eigenvalue weighted by Crippen LogP contribution is 2.28. The van der Waals surface area contributed by atoms with E-state index in [0.717, 1.165) is 38.4 Å². The highest BCUT2D eigenvalue weighted by atomic mass is 16.2. The highest BCUT2D eigenvalue weighted by Gasteiger charge is 2.28. The SMILES string of the molecule is CCCCn1c(=O)c2c(nc3n2C[C@H](C)CN3Cc2ccccc2)n(C)c1=O. The maximum Gasteiger partial charge on any atom is 0.332 e. The molecule has 0 amide bonds. The Kier molecular flexibility index (Phi) is 4.83. The molecule has 3 heterocycles. The lowest BCUT2D eigenvalue weighted by Crippen LogP contribution is -2.41. The third-order valence-electron chi connectivity index (χ3n) is 5.47. The molecular formula is C21H27N5O2. The topological polar surface area (TPSA) is 65.1 Å². The number of benzene rings is 1. The molecule has 0 saturated heterocycles. The van der Waals surface area contributed by atoms with E-state index in [-0.39, 0.29) is 11.2 Å². The molecule has 0 saturated carbocycles. The normalized spacial score (nSPS) is 16.5. The zero-order chi connectivity index (χ0) is 19.8. The molecule has 3 aromatic rings. The summed E-state index contributed by atoms with van der Waals surface area (Å²) in [5.41, 5.74) is 1.70. The van der Waals surface area contributed by atoms with Crippen LogP contribution in [0.15, 0.2) is 39.9 Å². The molecule has 7 nitrogen and oxygen atoms in total. The van der Waals surface area contributed by atoms with Crippen LogP contribution in [0, 0.1) is 5.92 Å². The molecular weight excluding hydrogens is 354 g/mol. The van der Waals surface area contributed by atoms with Gasteiger partial charge in [0.2, 0.25) is 5.95 Å². The summed E-state index contributed by atoms with van der Waals surface area (Å²) < 4.78 is 4.89. The van der Waals surface area contributed by atoms with E-state index in [1.807, 2.05) is 22.8 Å². The van der Waals surface area contributed by atoms with Gasteiger partial charge in [-0.3, -0.25) is 13.9 Å². The van der Waals surface area contributed by atoms with Gasteiger partial charge in [-0.05, 0) is 17.9 Å². The second kappa shape index (κ2) is 7.30. The molecule has 0 radical (unpaired) electrons. The van der Waals surface area contributed by atoms with Gasteiger partial charge in [-0.2, -0.15) is 4.98 Å². The monoisotopic (exact) mass is 381 g/mol. The summed E-state index contributed by atoms with van der Waals surface area (Å²) >= 11 is 0. The van der Waals surface area contributed by atoms with Crippen LogP contribution in [0.4, 0.5) is 5.95 Å². The van der Waals surface area contributed by atoms with Crippen molar-refractivity contribution in [3.63, 3.8) is 0 Å². The summed E-state index contributed by atoms with van der Waals surface area (Å²) in [5, 5.41) is 0. The number of unbranched alkanes of at least 4 members (excludes halogenated alkanes) is 1. The van der Waals surface area contributed by atoms with E-state index in [9.17, 15) is 9.59 Å². The van der Waals surface area contributed by atoms with Gasteiger partial charge in [0.15, 0.2) is 11.2 Å². The minimum absolute atomic E-state index is 0.223. The van der Waals surface area contributed by atoms with Gasteiger partial charge < -0.3 is 9.47 Å². The molecule has 1 aromatic carbocycles. The summed E-state index contributed by atoms with van der Waals surface area (Å²) in [7, 11) is 1.70. The predicted octanol–water partition coefficient (Wildman–Crippen LogP) is 2.35. The average Bonchev–Trinajstić information content (AvgIpc) is 3.07. The molecule has 0 spiro atoms. The van der Waals surface area contributed by atoms with Crippen molar-refractivity contribution < 1.29 is 0 Å². The molecule has 148 valence electrons. The molecule has 0 fully saturated rings. The number of hydrogen-bond acceptors (Lipinski definition) is 4. The van der Waals surface area contributed by atoms with Crippen LogP contribution >= 0.6 is 0 Å². The van der Waals surface area contributed by atoms with Crippen LogP contribution in [0.5, 0.6) is 0 Å². The number of hydrogen-bond donors (Lipinski definition) is 0. The molecule has 1 aliphatic rings. The van der Waals surface area contributed by atoms with Gasteiger partial charge in [0.1, 0.15) is 0 Å². The van der Waals surface area contributed by atoms with Crippen molar-refractivity contribution >= 4 is 17.1 Å². The first-order valence-corrected chi connectivity index (χ1v) is 10.00. The number of fused-ring (bicyclic) bond motifs is 3. The Morgan fingerprint density at radius 3 is 2.61 bits per heavy atom. The van der Waals surface area contributed by atoms with E-state index in [1.165, 1.54) is 14.7 Å². The van der Waals surface area contributed by atoms with E-state index in [2.05, 4.69) is 30.9 Å². The highest BCUT2D eigenvalue weighted by molar-refractivity contribution is 5.75. The first kappa shape index (κ1) is 18.5. The molecule has 28 heavy (non-hydrogen) atoms. The van der Waals surface area contributed by atoms with Crippen LogP contribution in [0.1, 0.15) is 32.3 Å². The quantitative estimate of drug-likeness (QED) is 0.681. The third-order valence-corrected chi connectivity index (χ3v) is 5.47. The van der Waals surface area contributed by atoms with Gasteiger partial charge in [0.25, 0.3) is 5.56 Å². The van der Waals surface area contributed by atoms with E-state index < -0.39 is 0 Å². The fourth-order valence-electron chi connectivity index (χ4n) is 4.05. The molecule has 1 aliphatic heterocycles. The van der Waals surface area contributed by atoms with E-state index >= 15 is 0 Å². The molecule has 4 rings (SSSR count). The van der Waals surface area contributed by atoms with Crippen molar-refractivity contribution in [1.82, 2.24) is 18.7 Å². The number of aromatic nitrogens is 4. The second-order valence-electron chi connectivity index (χ2n) is 7.82.